The number of anilines is 1. The standard InChI is InChI=1S/C17H16FN3O3/c18-13-6-5-10(9-12(13)16(19)22)20-17(23)21-14-7-8-24-15-4-2-1-3-11(14)15/h1-6,9,14H,7-8H2,(H2,19,22)(H2,20,21,23)/t14-/m1/s1. The van der Waals surface area contributed by atoms with E-state index in [9.17, 15) is 14.0 Å². The minimum absolute atomic E-state index is 0.189. The van der Waals surface area contributed by atoms with E-state index in [1.165, 1.54) is 12.1 Å². The molecule has 0 aromatic heterocycles. The van der Waals surface area contributed by atoms with E-state index in [4.69, 9.17) is 10.5 Å². The lowest BCUT2D eigenvalue weighted by Gasteiger charge is -2.26. The van der Waals surface area contributed by atoms with Crippen LogP contribution in [0.2, 0.25) is 0 Å². The van der Waals surface area contributed by atoms with Gasteiger partial charge in [-0.2, -0.15) is 0 Å². The van der Waals surface area contributed by atoms with Crippen LogP contribution in [0.1, 0.15) is 28.4 Å². The normalized spacial score (nSPS) is 15.8. The Labute approximate surface area is 137 Å². The Morgan fingerprint density at radius 1 is 1.21 bits per heavy atom. The Balaban J connectivity index is 1.71. The quantitative estimate of drug-likeness (QED) is 0.808. The summed E-state index contributed by atoms with van der Waals surface area (Å²) in [6, 6.07) is 10.5. The van der Waals surface area contributed by atoms with Crippen LogP contribution in [0.4, 0.5) is 14.9 Å². The molecule has 6 nitrogen and oxygen atoms in total. The second-order valence-electron chi connectivity index (χ2n) is 5.38. The van der Waals surface area contributed by atoms with Crippen molar-refractivity contribution in [1.82, 2.24) is 5.32 Å². The molecule has 0 radical (unpaired) electrons. The summed E-state index contributed by atoms with van der Waals surface area (Å²) < 4.78 is 19.0. The third-order valence-corrected chi connectivity index (χ3v) is 3.75. The molecule has 1 aliphatic heterocycles. The summed E-state index contributed by atoms with van der Waals surface area (Å²) in [7, 11) is 0. The van der Waals surface area contributed by atoms with Crippen molar-refractivity contribution < 1.29 is 18.7 Å². The molecule has 0 spiro atoms. The Hall–Kier alpha value is -3.09. The largest absolute Gasteiger partial charge is 0.493 e. The van der Waals surface area contributed by atoms with Gasteiger partial charge in [-0.15, -0.1) is 0 Å². The van der Waals surface area contributed by atoms with E-state index in [2.05, 4.69) is 10.6 Å². The van der Waals surface area contributed by atoms with Gasteiger partial charge < -0.3 is 21.1 Å². The summed E-state index contributed by atoms with van der Waals surface area (Å²) in [5.74, 6) is -0.881. The first-order valence-corrected chi connectivity index (χ1v) is 7.43. The highest BCUT2D eigenvalue weighted by atomic mass is 19.1. The molecule has 1 atom stereocenters. The van der Waals surface area contributed by atoms with E-state index < -0.39 is 17.8 Å². The average Bonchev–Trinajstić information content (AvgIpc) is 2.56. The van der Waals surface area contributed by atoms with Crippen LogP contribution < -0.4 is 21.1 Å². The van der Waals surface area contributed by atoms with Gasteiger partial charge in [0, 0.05) is 17.7 Å². The number of ether oxygens (including phenoxy) is 1. The Morgan fingerprint density at radius 2 is 2.00 bits per heavy atom. The lowest BCUT2D eigenvalue weighted by molar-refractivity contribution is 0.0996. The fourth-order valence-corrected chi connectivity index (χ4v) is 2.61. The maximum absolute atomic E-state index is 13.5. The molecular formula is C17H16FN3O3. The number of urea groups is 1. The number of halogens is 1. The highest BCUT2D eigenvalue weighted by molar-refractivity contribution is 5.96. The van der Waals surface area contributed by atoms with Gasteiger partial charge in [-0.05, 0) is 24.3 Å². The second kappa shape index (κ2) is 6.57. The van der Waals surface area contributed by atoms with Crippen LogP contribution in [0.5, 0.6) is 5.75 Å². The van der Waals surface area contributed by atoms with Crippen molar-refractivity contribution >= 4 is 17.6 Å². The van der Waals surface area contributed by atoms with Crippen molar-refractivity contribution in [3.63, 3.8) is 0 Å². The number of nitrogens with one attached hydrogen (secondary N) is 2. The van der Waals surface area contributed by atoms with Gasteiger partial charge >= 0.3 is 6.03 Å². The molecule has 0 saturated carbocycles. The summed E-state index contributed by atoms with van der Waals surface area (Å²) in [5.41, 5.74) is 6.00. The maximum Gasteiger partial charge on any atom is 0.319 e. The zero-order chi connectivity index (χ0) is 17.1. The molecule has 0 unspecified atom stereocenters. The van der Waals surface area contributed by atoms with Crippen molar-refractivity contribution in [3.05, 3.63) is 59.4 Å². The van der Waals surface area contributed by atoms with E-state index in [1.807, 2.05) is 24.3 Å². The van der Waals surface area contributed by atoms with Gasteiger partial charge in [0.25, 0.3) is 5.91 Å². The van der Waals surface area contributed by atoms with E-state index in [-0.39, 0.29) is 17.3 Å². The van der Waals surface area contributed by atoms with Crippen molar-refractivity contribution in [2.24, 2.45) is 5.73 Å². The van der Waals surface area contributed by atoms with Crippen LogP contribution in [0.15, 0.2) is 42.5 Å². The third-order valence-electron chi connectivity index (χ3n) is 3.75. The topological polar surface area (TPSA) is 93.5 Å². The molecule has 2 aromatic rings. The van der Waals surface area contributed by atoms with E-state index >= 15 is 0 Å². The minimum atomic E-state index is -0.894. The second-order valence-corrected chi connectivity index (χ2v) is 5.38. The van der Waals surface area contributed by atoms with Gasteiger partial charge in [0.1, 0.15) is 11.6 Å². The highest BCUT2D eigenvalue weighted by Gasteiger charge is 2.22. The number of nitrogens with two attached hydrogens (primary N) is 1. The summed E-state index contributed by atoms with van der Waals surface area (Å²) in [4.78, 5) is 23.3. The van der Waals surface area contributed by atoms with Crippen molar-refractivity contribution in [3.8, 4) is 5.75 Å². The number of rotatable bonds is 3. The molecular weight excluding hydrogens is 313 g/mol. The zero-order valence-corrected chi connectivity index (χ0v) is 12.7. The number of amides is 3. The number of carbonyl (C=O) groups is 2. The van der Waals surface area contributed by atoms with E-state index in [0.29, 0.717) is 13.0 Å². The molecule has 0 aliphatic carbocycles. The Morgan fingerprint density at radius 3 is 2.79 bits per heavy atom. The van der Waals surface area contributed by atoms with Crippen molar-refractivity contribution in [2.75, 3.05) is 11.9 Å². The van der Waals surface area contributed by atoms with Crippen molar-refractivity contribution in [1.29, 1.82) is 0 Å². The smallest absolute Gasteiger partial charge is 0.319 e. The van der Waals surface area contributed by atoms with Crippen LogP contribution in [-0.2, 0) is 0 Å². The van der Waals surface area contributed by atoms with Crippen molar-refractivity contribution in [2.45, 2.75) is 12.5 Å². The minimum Gasteiger partial charge on any atom is -0.493 e. The monoisotopic (exact) mass is 329 g/mol. The lowest BCUT2D eigenvalue weighted by Crippen LogP contribution is -2.35. The molecule has 124 valence electrons. The molecule has 1 heterocycles. The van der Waals surface area contributed by atoms with Gasteiger partial charge in [0.05, 0.1) is 18.2 Å². The number of hydrogen-bond acceptors (Lipinski definition) is 3. The highest BCUT2D eigenvalue weighted by Crippen LogP contribution is 2.31. The number of fused-ring (bicyclic) bond motifs is 1. The number of hydrogen-bond donors (Lipinski definition) is 3. The first-order valence-electron chi connectivity index (χ1n) is 7.43. The Kier molecular flexibility index (Phi) is 4.33. The third kappa shape index (κ3) is 3.29. The average molecular weight is 329 g/mol. The van der Waals surface area contributed by atoms with E-state index in [1.54, 1.807) is 0 Å². The van der Waals surface area contributed by atoms with Gasteiger partial charge in [-0.25, -0.2) is 9.18 Å². The molecule has 0 saturated heterocycles. The van der Waals surface area contributed by atoms with Gasteiger partial charge in [0.15, 0.2) is 0 Å². The van der Waals surface area contributed by atoms with Crippen LogP contribution in [0.3, 0.4) is 0 Å². The maximum atomic E-state index is 13.5. The number of carbonyl (C=O) groups excluding carboxylic acids is 2. The van der Waals surface area contributed by atoms with Crippen LogP contribution in [0.25, 0.3) is 0 Å². The molecule has 7 heteroatoms. The Bertz CT molecular complexity index is 794. The molecule has 0 fully saturated rings. The summed E-state index contributed by atoms with van der Waals surface area (Å²) in [6.07, 6.45) is 0.639. The van der Waals surface area contributed by atoms with Gasteiger partial charge in [0.2, 0.25) is 0 Å². The predicted octanol–water partition coefficient (Wildman–Crippen LogP) is 2.57. The lowest BCUT2D eigenvalue weighted by atomic mass is 10.0. The molecule has 2 aromatic carbocycles. The van der Waals surface area contributed by atoms with Crippen LogP contribution >= 0.6 is 0 Å². The van der Waals surface area contributed by atoms with Crippen LogP contribution in [-0.4, -0.2) is 18.5 Å². The summed E-state index contributed by atoms with van der Waals surface area (Å²) in [6.45, 7) is 0.504. The van der Waals surface area contributed by atoms with Gasteiger partial charge in [-0.3, -0.25) is 4.79 Å². The number of para-hydroxylation sites is 1. The fraction of sp³-hybridized carbons (Fsp3) is 0.176. The molecule has 0 bridgehead atoms. The first kappa shape index (κ1) is 15.8. The molecule has 3 amide bonds. The summed E-state index contributed by atoms with van der Waals surface area (Å²) >= 11 is 0. The molecule has 4 N–H and O–H groups in total. The SMILES string of the molecule is NC(=O)c1cc(NC(=O)N[C@@H]2CCOc3ccccc32)ccc1F. The number of primary amides is 1. The fourth-order valence-electron chi connectivity index (χ4n) is 2.61. The first-order chi connectivity index (χ1) is 11.5. The molecule has 1 aliphatic rings. The van der Waals surface area contributed by atoms with Crippen LogP contribution in [0, 0.1) is 5.82 Å². The van der Waals surface area contributed by atoms with E-state index in [0.717, 1.165) is 17.4 Å². The number of benzene rings is 2. The summed E-state index contributed by atoms with van der Waals surface area (Å²) in [5, 5.41) is 5.42. The zero-order valence-electron chi connectivity index (χ0n) is 12.7. The predicted molar refractivity (Wildman–Crippen MR) is 86.4 cm³/mol. The van der Waals surface area contributed by atoms with Gasteiger partial charge in [-0.1, -0.05) is 18.2 Å². The molecule has 24 heavy (non-hydrogen) atoms. The molecule has 3 rings (SSSR count).